The second kappa shape index (κ2) is 8.27. The molecule has 0 unspecified atom stereocenters. The molecule has 1 aliphatic carbocycles. The van der Waals surface area contributed by atoms with Gasteiger partial charge in [0.25, 0.3) is 5.91 Å². The lowest BCUT2D eigenvalue weighted by molar-refractivity contribution is -0.144. The number of nitrogens with zero attached hydrogens (tertiary/aromatic N) is 5. The number of carbonyl (C=O) groups excluding carboxylic acids is 1. The van der Waals surface area contributed by atoms with Crippen LogP contribution in [-0.2, 0) is 6.18 Å². The minimum Gasteiger partial charge on any atom is -0.493 e. The Labute approximate surface area is 177 Å². The van der Waals surface area contributed by atoms with Crippen LogP contribution in [0.1, 0.15) is 34.0 Å². The molecule has 31 heavy (non-hydrogen) atoms. The molecule has 1 amide bonds. The zero-order valence-corrected chi connectivity index (χ0v) is 16.7. The molecule has 0 atom stereocenters. The maximum absolute atomic E-state index is 13.1. The molecule has 8 nitrogen and oxygen atoms in total. The van der Waals surface area contributed by atoms with E-state index >= 15 is 0 Å². The summed E-state index contributed by atoms with van der Waals surface area (Å²) >= 11 is 1.10. The van der Waals surface area contributed by atoms with Gasteiger partial charge in [0.1, 0.15) is 5.69 Å². The number of rotatable bonds is 4. The Morgan fingerprint density at radius 1 is 1.29 bits per heavy atom. The van der Waals surface area contributed by atoms with Crippen LogP contribution in [-0.4, -0.2) is 38.2 Å². The molecule has 3 aromatic heterocycles. The summed E-state index contributed by atoms with van der Waals surface area (Å²) < 4.78 is 44.4. The largest absolute Gasteiger partial charge is 0.493 e. The highest BCUT2D eigenvalue weighted by Crippen LogP contribution is 2.34. The molecule has 4 rings (SSSR count). The molecule has 0 spiro atoms. The van der Waals surface area contributed by atoms with Crippen molar-refractivity contribution < 1.29 is 22.7 Å². The van der Waals surface area contributed by atoms with E-state index in [1.54, 1.807) is 0 Å². The Morgan fingerprint density at radius 2 is 2.10 bits per heavy atom. The van der Waals surface area contributed by atoms with Gasteiger partial charge in [-0.1, -0.05) is 17.3 Å². The Balaban J connectivity index is 1.65. The summed E-state index contributed by atoms with van der Waals surface area (Å²) in [5, 5.41) is 11.0. The highest BCUT2D eigenvalue weighted by atomic mass is 32.1. The number of hydrogen-bond donors (Lipinski definition) is 1. The van der Waals surface area contributed by atoms with Crippen LogP contribution in [0.4, 0.5) is 18.3 Å². The van der Waals surface area contributed by atoms with Crippen LogP contribution in [0.2, 0.25) is 0 Å². The highest BCUT2D eigenvalue weighted by molar-refractivity contribution is 7.15. The van der Waals surface area contributed by atoms with Gasteiger partial charge in [-0.05, 0) is 24.8 Å². The monoisotopic (exact) mass is 446 g/mol. The van der Waals surface area contributed by atoms with Gasteiger partial charge in [0.05, 0.1) is 18.9 Å². The molecular formula is C19H13F3N6O2S. The first-order valence-electron chi connectivity index (χ1n) is 8.94. The van der Waals surface area contributed by atoms with E-state index in [0.717, 1.165) is 30.4 Å². The van der Waals surface area contributed by atoms with Gasteiger partial charge < -0.3 is 4.74 Å². The Morgan fingerprint density at radius 3 is 2.81 bits per heavy atom. The van der Waals surface area contributed by atoms with E-state index in [0.29, 0.717) is 10.9 Å². The maximum Gasteiger partial charge on any atom is 0.451 e. The van der Waals surface area contributed by atoms with Gasteiger partial charge in [-0.3, -0.25) is 15.1 Å². The molecule has 0 aliphatic heterocycles. The molecule has 0 radical (unpaired) electrons. The van der Waals surface area contributed by atoms with Gasteiger partial charge in [-0.25, -0.2) is 9.97 Å². The van der Waals surface area contributed by atoms with Crippen LogP contribution < -0.4 is 10.1 Å². The number of ether oxygens (including phenoxy) is 1. The topological polar surface area (TPSA) is 103 Å². The Bertz CT molecular complexity index is 1200. The summed E-state index contributed by atoms with van der Waals surface area (Å²) in [6.45, 7) is 0. The van der Waals surface area contributed by atoms with E-state index in [4.69, 9.17) is 4.74 Å². The van der Waals surface area contributed by atoms with Crippen molar-refractivity contribution in [3.8, 4) is 28.8 Å². The molecule has 1 fully saturated rings. The van der Waals surface area contributed by atoms with Crippen molar-refractivity contribution in [1.29, 1.82) is 0 Å². The fourth-order valence-electron chi connectivity index (χ4n) is 2.51. The molecular weight excluding hydrogens is 433 g/mol. The first kappa shape index (κ1) is 20.7. The van der Waals surface area contributed by atoms with Crippen molar-refractivity contribution in [3.63, 3.8) is 0 Å². The number of carbonyl (C=O) groups is 1. The van der Waals surface area contributed by atoms with Gasteiger partial charge in [0, 0.05) is 23.9 Å². The first-order valence-corrected chi connectivity index (χ1v) is 9.76. The number of nitrogens with one attached hydrogen (secondary N) is 1. The van der Waals surface area contributed by atoms with Crippen molar-refractivity contribution >= 4 is 22.4 Å². The van der Waals surface area contributed by atoms with Crippen molar-refractivity contribution in [1.82, 2.24) is 25.1 Å². The summed E-state index contributed by atoms with van der Waals surface area (Å²) in [4.78, 5) is 23.6. The smallest absolute Gasteiger partial charge is 0.451 e. The van der Waals surface area contributed by atoms with Crippen LogP contribution in [0.15, 0.2) is 24.7 Å². The molecule has 0 saturated heterocycles. The number of amides is 1. The molecule has 1 aliphatic rings. The summed E-state index contributed by atoms with van der Waals surface area (Å²) in [5.41, 5.74) is -0.139. The number of anilines is 1. The average Bonchev–Trinajstić information content (AvgIpc) is 3.49. The summed E-state index contributed by atoms with van der Waals surface area (Å²) in [7, 11) is 1.26. The molecule has 0 aromatic carbocycles. The van der Waals surface area contributed by atoms with Gasteiger partial charge >= 0.3 is 6.18 Å². The van der Waals surface area contributed by atoms with Crippen LogP contribution in [0, 0.1) is 17.8 Å². The van der Waals surface area contributed by atoms with Crippen molar-refractivity contribution in [2.45, 2.75) is 19.0 Å². The molecule has 3 heterocycles. The lowest BCUT2D eigenvalue weighted by Crippen LogP contribution is -2.15. The fraction of sp³-hybridized carbons (Fsp3) is 0.263. The second-order valence-electron chi connectivity index (χ2n) is 6.44. The molecule has 12 heteroatoms. The molecule has 1 saturated carbocycles. The minimum atomic E-state index is -4.77. The van der Waals surface area contributed by atoms with Crippen LogP contribution in [0.5, 0.6) is 5.75 Å². The highest BCUT2D eigenvalue weighted by Gasteiger charge is 2.36. The molecule has 0 bridgehead atoms. The lowest BCUT2D eigenvalue weighted by atomic mass is 10.1. The van der Waals surface area contributed by atoms with Crippen molar-refractivity contribution in [2.75, 3.05) is 12.4 Å². The molecule has 158 valence electrons. The van der Waals surface area contributed by atoms with E-state index in [1.807, 2.05) is 0 Å². The van der Waals surface area contributed by atoms with Gasteiger partial charge in [-0.2, -0.15) is 13.2 Å². The van der Waals surface area contributed by atoms with Crippen LogP contribution >= 0.6 is 11.3 Å². The van der Waals surface area contributed by atoms with Crippen molar-refractivity contribution in [3.05, 3.63) is 41.1 Å². The third-order valence-corrected chi connectivity index (χ3v) is 4.91. The zero-order chi connectivity index (χ0) is 22.0. The number of hydrogen-bond acceptors (Lipinski definition) is 8. The number of alkyl halides is 3. The van der Waals surface area contributed by atoms with E-state index in [2.05, 4.69) is 42.3 Å². The quantitative estimate of drug-likeness (QED) is 0.613. The SMILES string of the molecule is COc1cnc(C(F)(F)F)nc1-c1cnccc1C(=O)Nc1nnc(C#CC2CC2)s1. The third-order valence-electron chi connectivity index (χ3n) is 4.16. The fourth-order valence-corrected chi connectivity index (χ4v) is 3.11. The van der Waals surface area contributed by atoms with Gasteiger partial charge in [0.15, 0.2) is 10.8 Å². The number of aromatic nitrogens is 5. The van der Waals surface area contributed by atoms with Gasteiger partial charge in [0.2, 0.25) is 11.0 Å². The minimum absolute atomic E-state index is 0.0286. The molecule has 3 aromatic rings. The first-order chi connectivity index (χ1) is 14.8. The predicted molar refractivity (Wildman–Crippen MR) is 104 cm³/mol. The lowest BCUT2D eigenvalue weighted by Gasteiger charge is -2.13. The summed E-state index contributed by atoms with van der Waals surface area (Å²) in [6.07, 6.45) is 0.840. The van der Waals surface area contributed by atoms with Crippen LogP contribution in [0.25, 0.3) is 11.3 Å². The standard InChI is InChI=1S/C19H13F3N6O2S/c1-30-13-9-24-17(19(20,21)22)25-15(13)12-8-23-7-6-11(12)16(29)26-18-28-27-14(31-18)5-4-10-2-3-10/h6-10H,2-3H2,1H3,(H,26,28,29). The normalized spacial score (nSPS) is 13.3. The van der Waals surface area contributed by atoms with Crippen LogP contribution in [0.3, 0.4) is 0 Å². The van der Waals surface area contributed by atoms with E-state index < -0.39 is 17.9 Å². The summed E-state index contributed by atoms with van der Waals surface area (Å²) in [6, 6.07) is 1.36. The Hall–Kier alpha value is -3.59. The Kier molecular flexibility index (Phi) is 5.51. The number of pyridine rings is 1. The third kappa shape index (κ3) is 4.77. The molecule has 1 N–H and O–H groups in total. The van der Waals surface area contributed by atoms with Crippen molar-refractivity contribution in [2.24, 2.45) is 5.92 Å². The average molecular weight is 446 g/mol. The predicted octanol–water partition coefficient (Wildman–Crippen LogP) is 3.43. The van der Waals surface area contributed by atoms with E-state index in [-0.39, 0.29) is 27.7 Å². The second-order valence-corrected chi connectivity index (χ2v) is 7.42. The van der Waals surface area contributed by atoms with E-state index in [9.17, 15) is 18.0 Å². The van der Waals surface area contributed by atoms with Gasteiger partial charge in [-0.15, -0.1) is 10.2 Å². The zero-order valence-electron chi connectivity index (χ0n) is 15.9. The van der Waals surface area contributed by atoms with E-state index in [1.165, 1.54) is 25.6 Å². The number of methoxy groups -OCH3 is 1. The maximum atomic E-state index is 13.1. The number of halogens is 3. The summed E-state index contributed by atoms with van der Waals surface area (Å²) in [5.74, 6) is 4.33.